The van der Waals surface area contributed by atoms with Crippen LogP contribution in [-0.4, -0.2) is 163 Å². The topological polar surface area (TPSA) is 271 Å². The van der Waals surface area contributed by atoms with Crippen LogP contribution in [-0.2, 0) is 68.1 Å². The summed E-state index contributed by atoms with van der Waals surface area (Å²) in [7, 11) is 0. The number of nitrogens with zero attached hydrogens (tertiary/aromatic N) is 4. The fraction of sp³-hybridized carbons (Fsp3) is 0.619. The first-order valence-corrected chi connectivity index (χ1v) is 39.6. The van der Waals surface area contributed by atoms with Gasteiger partial charge in [-0.15, -0.1) is 0 Å². The molecule has 6 bridgehead atoms. The van der Waals surface area contributed by atoms with Crippen molar-refractivity contribution in [1.29, 1.82) is 0 Å². The van der Waals surface area contributed by atoms with Crippen LogP contribution in [0.4, 0.5) is 0 Å². The van der Waals surface area contributed by atoms with Gasteiger partial charge in [-0.3, -0.25) is 34.1 Å². The number of nitrogens with two attached hydrogens (primary N) is 1. The predicted molar refractivity (Wildman–Crippen MR) is 394 cm³/mol. The first kappa shape index (κ1) is 68.9. The van der Waals surface area contributed by atoms with E-state index in [4.69, 9.17) is 15.2 Å². The number of phenolic OH excluding ortho intramolecular Hbond substituents is 3. The minimum atomic E-state index is -1.09. The molecule has 18 rings (SSSR count). The second-order valence-corrected chi connectivity index (χ2v) is 34.7. The molecule has 5 aromatic rings. The summed E-state index contributed by atoms with van der Waals surface area (Å²) in [5.74, 6) is 3.89. The lowest BCUT2D eigenvalue weighted by Crippen LogP contribution is -2.75. The number of likely N-dealkylation sites (tertiary alicyclic amines) is 3. The van der Waals surface area contributed by atoms with E-state index in [9.17, 15) is 39.9 Å². The Kier molecular flexibility index (Phi) is 17.3. The molecule has 0 radical (unpaired) electrons. The predicted octanol–water partition coefficient (Wildman–Crippen LogP) is 9.57. The Balaban J connectivity index is 0.000000153. The van der Waals surface area contributed by atoms with Crippen molar-refractivity contribution in [3.05, 3.63) is 134 Å². The number of aliphatic hydroxyl groups is 2. The van der Waals surface area contributed by atoms with Gasteiger partial charge in [-0.1, -0.05) is 102 Å². The van der Waals surface area contributed by atoms with Crippen LogP contribution in [0.25, 0.3) is 0 Å². The number of aromatic nitrogens is 1. The molecule has 5 aliphatic heterocycles. The highest BCUT2D eigenvalue weighted by Gasteiger charge is 2.77. The molecule has 8 aliphatic carbocycles. The van der Waals surface area contributed by atoms with Crippen molar-refractivity contribution < 1.29 is 49.4 Å². The molecule has 103 heavy (non-hydrogen) atoms. The van der Waals surface area contributed by atoms with E-state index < -0.39 is 45.7 Å². The zero-order valence-corrected chi connectivity index (χ0v) is 61.1. The third-order valence-corrected chi connectivity index (χ3v) is 28.3. The van der Waals surface area contributed by atoms with E-state index >= 15 is 0 Å². The van der Waals surface area contributed by atoms with Crippen molar-refractivity contribution >= 4 is 23.6 Å². The lowest BCUT2D eigenvalue weighted by molar-refractivity contribution is -0.176. The molecule has 2 spiro atoms. The quantitative estimate of drug-likeness (QED) is 0.0157. The molecule has 9 unspecified atom stereocenters. The summed E-state index contributed by atoms with van der Waals surface area (Å²) in [6, 6.07) is 23.1. The van der Waals surface area contributed by atoms with Crippen LogP contribution in [0.15, 0.2) is 77.8 Å². The Morgan fingerprint density at radius 2 is 1.30 bits per heavy atom. The molecule has 3 saturated carbocycles. The summed E-state index contributed by atoms with van der Waals surface area (Å²) >= 11 is 0. The molecule has 3 saturated heterocycles. The molecular formula is C84H109N9O10. The smallest absolute Gasteiger partial charge is 0.242 e. The van der Waals surface area contributed by atoms with Crippen molar-refractivity contribution in [3.63, 3.8) is 0 Å². The number of aliphatic imine (C=N–C) groups is 1. The van der Waals surface area contributed by atoms with Gasteiger partial charge in [0.2, 0.25) is 17.7 Å². The van der Waals surface area contributed by atoms with Crippen LogP contribution >= 0.6 is 0 Å². The number of fused-ring (bicyclic) bond motifs is 9. The average Bonchev–Trinajstić information content (AvgIpc) is 1.50. The number of nitrogens with one attached hydrogen (secondary N) is 4. The Bertz CT molecular complexity index is 4050. The fourth-order valence-corrected chi connectivity index (χ4v) is 22.5. The van der Waals surface area contributed by atoms with E-state index in [1.54, 1.807) is 18.2 Å². The molecule has 1 aromatic heterocycles. The second-order valence-electron chi connectivity index (χ2n) is 34.7. The van der Waals surface area contributed by atoms with Crippen molar-refractivity contribution in [3.8, 4) is 28.7 Å². The van der Waals surface area contributed by atoms with Gasteiger partial charge in [-0.2, -0.15) is 0 Å². The highest BCUT2D eigenvalue weighted by atomic mass is 16.5. The van der Waals surface area contributed by atoms with Crippen LogP contribution in [0.2, 0.25) is 0 Å². The maximum Gasteiger partial charge on any atom is 0.242 e. The second kappa shape index (κ2) is 25.8. The Morgan fingerprint density at radius 3 is 1.89 bits per heavy atom. The molecule has 19 nitrogen and oxygen atoms in total. The molecule has 13 aliphatic rings. The molecule has 19 heteroatoms. The number of benzene rings is 4. The first-order chi connectivity index (χ1) is 49.6. The lowest BCUT2D eigenvalue weighted by Gasteiger charge is -2.63. The zero-order chi connectivity index (χ0) is 71.3. The Hall–Kier alpha value is -7.16. The number of ether oxygens (including phenoxy) is 2. The number of aromatic amines is 1. The molecular weight excluding hydrogens is 1290 g/mol. The van der Waals surface area contributed by atoms with Crippen molar-refractivity contribution in [2.45, 2.75) is 239 Å². The molecule has 11 N–H and O–H groups in total. The number of piperidine rings is 3. The standard InChI is InChI=1S/C44H66N6O4.C40H43N3O6/c1-6-7-17-39(45)46-21-13-8-9-14-22-47-41(53)37(24-30(2)3)49-40(52)28-48-42(54)44(33-15-11-10-12-16-33)27-34(44)29-50-23-20-43(5)31(4)38(50)25-32-18-19-35(51)26-36(32)43;44-25-7-5-21-13-27-39(46)15-23-24-16-40(47)28-14-22-6-8-26(45)34-30(22)38(40,10-12-43(28)18-20-3-4-20)36(49-34)32(24)41-31(23)35-37(39,29(21)33(25)48-35)9-11-42(27)17-19-1-2-19/h10-12,15-16,18-19,26,30-31,34,37-38,51H,6-9,13-14,17,20-25,27-29H2,1-5H3,(H2,45,46)(H,47,53)(H,48,54)(H,49,52);5-8,19-20,27-28,35-36,41,44-47H,1-4,9-18H2/t31?,34?,37?,38?,43-,44+;27-,28?,35?,36?,37?,38?,39-,40-/m11/s1. The third kappa shape index (κ3) is 11.0. The minimum absolute atomic E-state index is 0.00131. The minimum Gasteiger partial charge on any atom is -0.508 e. The number of carbonyl (C=O) groups excluding carboxylic acids is 3. The van der Waals surface area contributed by atoms with Gasteiger partial charge in [0.25, 0.3) is 0 Å². The maximum atomic E-state index is 14.1. The number of aromatic hydroxyl groups is 3. The van der Waals surface area contributed by atoms with E-state index in [2.05, 4.69) is 79.6 Å². The van der Waals surface area contributed by atoms with E-state index in [0.29, 0.717) is 66.9 Å². The van der Waals surface area contributed by atoms with Gasteiger partial charge < -0.3 is 61.7 Å². The van der Waals surface area contributed by atoms with Crippen molar-refractivity contribution in [2.24, 2.45) is 40.3 Å². The number of unbranched alkanes of at least 4 members (excludes halogenated alkanes) is 4. The maximum absolute atomic E-state index is 14.1. The molecule has 550 valence electrons. The first-order valence-electron chi connectivity index (χ1n) is 39.6. The summed E-state index contributed by atoms with van der Waals surface area (Å²) in [6.45, 7) is 17.6. The highest BCUT2D eigenvalue weighted by Crippen LogP contribution is 2.73. The van der Waals surface area contributed by atoms with E-state index in [0.717, 1.165) is 181 Å². The summed E-state index contributed by atoms with van der Waals surface area (Å²) < 4.78 is 13.9. The number of amides is 3. The van der Waals surface area contributed by atoms with Crippen LogP contribution < -0.4 is 31.2 Å². The van der Waals surface area contributed by atoms with Gasteiger partial charge in [0.05, 0.1) is 51.2 Å². The number of phenols is 3. The Morgan fingerprint density at radius 1 is 0.709 bits per heavy atom. The van der Waals surface area contributed by atoms with Gasteiger partial charge in [-0.25, -0.2) is 0 Å². The molecule has 6 fully saturated rings. The van der Waals surface area contributed by atoms with E-state index in [1.807, 2.05) is 50.2 Å². The van der Waals surface area contributed by atoms with Crippen LogP contribution in [0.1, 0.15) is 211 Å². The van der Waals surface area contributed by atoms with Crippen LogP contribution in [0, 0.1) is 29.6 Å². The summed E-state index contributed by atoms with van der Waals surface area (Å²) in [5.41, 5.74) is 13.7. The fourth-order valence-electron chi connectivity index (χ4n) is 22.5. The summed E-state index contributed by atoms with van der Waals surface area (Å²) in [6.07, 6.45) is 18.1. The Labute approximate surface area is 606 Å². The van der Waals surface area contributed by atoms with Crippen molar-refractivity contribution in [1.82, 2.24) is 35.6 Å². The van der Waals surface area contributed by atoms with Gasteiger partial charge in [0, 0.05) is 81.2 Å². The zero-order valence-electron chi connectivity index (χ0n) is 61.1. The van der Waals surface area contributed by atoms with Crippen molar-refractivity contribution in [2.75, 3.05) is 58.9 Å². The van der Waals surface area contributed by atoms with Gasteiger partial charge in [0.1, 0.15) is 11.8 Å². The van der Waals surface area contributed by atoms with Gasteiger partial charge in [0.15, 0.2) is 35.2 Å². The summed E-state index contributed by atoms with van der Waals surface area (Å²) in [5, 5.41) is 68.6. The SMILES string of the molecule is CCCCC(N)=NCCCCCCNC(=O)C(CC(C)C)NC(=O)CNC(=O)[C@]1(c2ccccc2)CC1CN1CC[C@@]2(C)c3cc(O)ccc3CC1C2C.Oc1ccc2c3c1OC1c4[nH]c5c(c4C[C@@]4(O)C(C2)N(CC2CC2)CCC314)C[C@@]1(O)[C@H]2Cc3ccc(O)c4c3C1(CCN2CC1CC1)C5O4. The summed E-state index contributed by atoms with van der Waals surface area (Å²) in [4.78, 5) is 56.7. The monoisotopic (exact) mass is 1400 g/mol. The van der Waals surface area contributed by atoms with Crippen LogP contribution in [0.5, 0.6) is 28.7 Å². The number of hydrogen-bond donors (Lipinski definition) is 10. The van der Waals surface area contributed by atoms with Crippen LogP contribution in [0.3, 0.4) is 0 Å². The molecule has 6 heterocycles. The molecule has 14 atom stereocenters. The normalized spacial score (nSPS) is 33.0. The third-order valence-electron chi connectivity index (χ3n) is 28.3. The van der Waals surface area contributed by atoms with E-state index in [1.165, 1.54) is 47.9 Å². The van der Waals surface area contributed by atoms with Gasteiger partial charge in [-0.05, 0) is 214 Å². The number of H-pyrrole nitrogens is 1. The molecule has 3 amide bonds. The number of rotatable bonds is 24. The molecule has 4 aromatic carbocycles. The van der Waals surface area contributed by atoms with Gasteiger partial charge >= 0.3 is 0 Å². The largest absolute Gasteiger partial charge is 0.508 e. The number of carbonyl (C=O) groups is 3. The number of amidine groups is 1. The lowest BCUT2D eigenvalue weighted by atomic mass is 9.47. The van der Waals surface area contributed by atoms with E-state index in [-0.39, 0.29) is 65.1 Å². The average molecular weight is 1400 g/mol. The highest BCUT2D eigenvalue weighted by molar-refractivity contribution is 5.95. The number of hydrogen-bond acceptors (Lipinski definition) is 14.